The molecule has 0 saturated carbocycles. The van der Waals surface area contributed by atoms with Crippen LogP contribution < -0.4 is 10.2 Å². The second kappa shape index (κ2) is 9.79. The van der Waals surface area contributed by atoms with Gasteiger partial charge in [0, 0.05) is 44.5 Å². The van der Waals surface area contributed by atoms with Gasteiger partial charge < -0.3 is 10.2 Å². The molecule has 0 bridgehead atoms. The molecule has 2 aromatic heterocycles. The molecule has 1 saturated heterocycles. The van der Waals surface area contributed by atoms with Gasteiger partial charge in [-0.05, 0) is 37.6 Å². The van der Waals surface area contributed by atoms with E-state index in [1.165, 1.54) is 6.92 Å². The first-order chi connectivity index (χ1) is 17.1. The highest BCUT2D eigenvalue weighted by atomic mass is 32.2. The fourth-order valence-electron chi connectivity index (χ4n) is 3.73. The highest BCUT2D eigenvalue weighted by molar-refractivity contribution is 7.89. The molecule has 4 rings (SSSR count). The molecule has 1 aliphatic heterocycles. The smallest absolute Gasteiger partial charge is 0.280 e. The lowest BCUT2D eigenvalue weighted by Gasteiger charge is -2.34. The minimum Gasteiger partial charge on any atom is -0.352 e. The molecule has 14 nitrogen and oxygen atoms in total. The zero-order valence-electron chi connectivity index (χ0n) is 19.4. The first kappa shape index (κ1) is 24.9. The number of benzene rings is 1. The van der Waals surface area contributed by atoms with Crippen LogP contribution in [0.3, 0.4) is 0 Å². The molecule has 1 aliphatic rings. The summed E-state index contributed by atoms with van der Waals surface area (Å²) in [4.78, 5) is 26.6. The number of aromatic nitrogens is 3. The minimum atomic E-state index is -4.20. The molecule has 0 atom stereocenters. The van der Waals surface area contributed by atoms with Crippen LogP contribution in [0.5, 0.6) is 0 Å². The van der Waals surface area contributed by atoms with Crippen LogP contribution in [0.1, 0.15) is 11.1 Å². The maximum Gasteiger partial charge on any atom is 0.280 e. The predicted octanol–water partition coefficient (Wildman–Crippen LogP) is 2.56. The summed E-state index contributed by atoms with van der Waals surface area (Å²) < 4.78 is 27.4. The summed E-state index contributed by atoms with van der Waals surface area (Å²) >= 11 is 0. The Labute approximate surface area is 205 Å². The van der Waals surface area contributed by atoms with Gasteiger partial charge in [0.2, 0.25) is 10.0 Å². The Kier molecular flexibility index (Phi) is 6.76. The van der Waals surface area contributed by atoms with Crippen LogP contribution in [-0.4, -0.2) is 63.9 Å². The second-order valence-electron chi connectivity index (χ2n) is 8.11. The fourth-order valence-corrected chi connectivity index (χ4v) is 5.19. The summed E-state index contributed by atoms with van der Waals surface area (Å²) in [5.41, 5.74) is -0.414. The molecule has 0 amide bonds. The van der Waals surface area contributed by atoms with Crippen molar-refractivity contribution < 1.29 is 18.3 Å². The lowest BCUT2D eigenvalue weighted by molar-refractivity contribution is -0.395. The van der Waals surface area contributed by atoms with Crippen molar-refractivity contribution in [1.82, 2.24) is 19.5 Å². The van der Waals surface area contributed by atoms with Gasteiger partial charge in [-0.3, -0.25) is 20.2 Å². The van der Waals surface area contributed by atoms with E-state index in [2.05, 4.69) is 20.5 Å². The van der Waals surface area contributed by atoms with E-state index in [4.69, 9.17) is 0 Å². The lowest BCUT2D eigenvalue weighted by atomic mass is 10.1. The summed E-state index contributed by atoms with van der Waals surface area (Å²) in [5, 5.41) is 34.1. The molecule has 1 N–H and O–H groups in total. The molecular formula is C21H22N8O6S. The molecule has 0 aliphatic carbocycles. The Balaban J connectivity index is 1.46. The number of aryl methyl sites for hydroxylation is 1. The molecule has 15 heteroatoms. The van der Waals surface area contributed by atoms with Gasteiger partial charge in [0.25, 0.3) is 11.4 Å². The zero-order chi connectivity index (χ0) is 26.0. The number of pyridine rings is 1. The fraction of sp³-hybridized carbons (Fsp3) is 0.286. The van der Waals surface area contributed by atoms with Crippen LogP contribution in [-0.2, 0) is 10.0 Å². The Morgan fingerprint density at radius 1 is 0.889 bits per heavy atom. The first-order valence-corrected chi connectivity index (χ1v) is 12.2. The number of piperazine rings is 1. The Morgan fingerprint density at radius 2 is 1.50 bits per heavy atom. The molecule has 188 valence electrons. The topological polar surface area (TPSA) is 178 Å². The van der Waals surface area contributed by atoms with E-state index in [0.29, 0.717) is 17.5 Å². The molecule has 36 heavy (non-hydrogen) atoms. The van der Waals surface area contributed by atoms with E-state index < -0.39 is 36.1 Å². The van der Waals surface area contributed by atoms with E-state index >= 15 is 0 Å². The maximum atomic E-state index is 13.2. The summed E-state index contributed by atoms with van der Waals surface area (Å²) in [6.07, 6.45) is 1.73. The number of hydrogen-bond acceptors (Lipinski definition) is 11. The summed E-state index contributed by atoms with van der Waals surface area (Å²) in [6.45, 7) is 3.85. The van der Waals surface area contributed by atoms with Crippen molar-refractivity contribution in [2.24, 2.45) is 0 Å². The SMILES string of the molecule is Cc1ccc(Nc2ccc(N3CCN(S(=O)(=O)c4cc([N+](=O)[O-])c(C)c([N+](=O)[O-])c4)CC3)nn2)nc1. The molecule has 3 aromatic rings. The number of nitrogens with zero attached hydrogens (tertiary/aromatic N) is 7. The van der Waals surface area contributed by atoms with Gasteiger partial charge in [-0.2, -0.15) is 4.31 Å². The maximum absolute atomic E-state index is 13.2. The average molecular weight is 515 g/mol. The van der Waals surface area contributed by atoms with E-state index in [1.54, 1.807) is 18.3 Å². The molecule has 1 aromatic carbocycles. The van der Waals surface area contributed by atoms with Crippen LogP contribution in [0.25, 0.3) is 0 Å². The van der Waals surface area contributed by atoms with Crippen LogP contribution in [0.15, 0.2) is 47.5 Å². The minimum absolute atomic E-state index is 0.0623. The van der Waals surface area contributed by atoms with Crippen LogP contribution in [0.4, 0.5) is 28.8 Å². The van der Waals surface area contributed by atoms with Crippen LogP contribution >= 0.6 is 0 Å². The Hall–Kier alpha value is -4.24. The highest BCUT2D eigenvalue weighted by Gasteiger charge is 2.33. The average Bonchev–Trinajstić information content (AvgIpc) is 2.85. The number of sulfonamides is 1. The van der Waals surface area contributed by atoms with Gasteiger partial charge in [-0.15, -0.1) is 10.2 Å². The van der Waals surface area contributed by atoms with Crippen LogP contribution in [0, 0.1) is 34.1 Å². The standard InChI is InChI=1S/C21H22N8O6S/c1-14-3-4-19(22-13-14)23-20-5-6-21(25-24-20)26-7-9-27(10-8-26)36(34,35)16-11-17(28(30)31)15(2)18(12-16)29(32)33/h3-6,11-13H,7-10H2,1-2H3,(H,22,23,24). The third-order valence-corrected chi connectivity index (χ3v) is 7.61. The van der Waals surface area contributed by atoms with Crippen LogP contribution in [0.2, 0.25) is 0 Å². The van der Waals surface area contributed by atoms with Crippen molar-refractivity contribution in [2.45, 2.75) is 18.7 Å². The van der Waals surface area contributed by atoms with Gasteiger partial charge in [0.15, 0.2) is 11.6 Å². The van der Waals surface area contributed by atoms with Crippen molar-refractivity contribution in [2.75, 3.05) is 36.4 Å². The van der Waals surface area contributed by atoms with Crippen molar-refractivity contribution in [3.63, 3.8) is 0 Å². The van der Waals surface area contributed by atoms with E-state index in [9.17, 15) is 28.6 Å². The Bertz CT molecular complexity index is 1370. The molecule has 1 fully saturated rings. The molecular weight excluding hydrogens is 492 g/mol. The van der Waals surface area contributed by atoms with Gasteiger partial charge in [0.1, 0.15) is 11.4 Å². The zero-order valence-corrected chi connectivity index (χ0v) is 20.2. The van der Waals surface area contributed by atoms with Gasteiger partial charge in [0.05, 0.1) is 14.7 Å². The Morgan fingerprint density at radius 3 is 2.00 bits per heavy atom. The van der Waals surface area contributed by atoms with E-state index in [0.717, 1.165) is 22.0 Å². The number of rotatable bonds is 7. The van der Waals surface area contributed by atoms with E-state index in [1.807, 2.05) is 24.0 Å². The molecule has 3 heterocycles. The lowest BCUT2D eigenvalue weighted by Crippen LogP contribution is -2.49. The third-order valence-electron chi connectivity index (χ3n) is 5.74. The first-order valence-electron chi connectivity index (χ1n) is 10.8. The van der Waals surface area contributed by atoms with E-state index in [-0.39, 0.29) is 31.7 Å². The summed E-state index contributed by atoms with van der Waals surface area (Å²) in [7, 11) is -4.20. The normalized spacial score (nSPS) is 14.4. The van der Waals surface area contributed by atoms with Crippen molar-refractivity contribution >= 4 is 38.9 Å². The molecule has 0 unspecified atom stereocenters. The number of anilines is 3. The number of nitro groups is 2. The number of hydrogen-bond donors (Lipinski definition) is 1. The molecule has 0 radical (unpaired) electrons. The van der Waals surface area contributed by atoms with Crippen molar-refractivity contribution in [3.8, 4) is 0 Å². The van der Waals surface area contributed by atoms with Gasteiger partial charge in [-0.25, -0.2) is 13.4 Å². The second-order valence-corrected chi connectivity index (χ2v) is 10.1. The monoisotopic (exact) mass is 514 g/mol. The largest absolute Gasteiger partial charge is 0.352 e. The van der Waals surface area contributed by atoms with Gasteiger partial charge in [-0.1, -0.05) is 6.07 Å². The van der Waals surface area contributed by atoms with Crippen molar-refractivity contribution in [3.05, 3.63) is 74.0 Å². The highest BCUT2D eigenvalue weighted by Crippen LogP contribution is 2.33. The number of nitrogens with one attached hydrogen (secondary N) is 1. The third kappa shape index (κ3) is 5.06. The quantitative estimate of drug-likeness (QED) is 0.362. The predicted molar refractivity (Wildman–Crippen MR) is 130 cm³/mol. The summed E-state index contributed by atoms with van der Waals surface area (Å²) in [6, 6.07) is 8.95. The summed E-state index contributed by atoms with van der Waals surface area (Å²) in [5.74, 6) is 1.67. The van der Waals surface area contributed by atoms with Gasteiger partial charge >= 0.3 is 0 Å². The van der Waals surface area contributed by atoms with Crippen molar-refractivity contribution in [1.29, 1.82) is 0 Å². The molecule has 0 spiro atoms. The number of nitro benzene ring substituents is 2.